The molecule has 0 saturated carbocycles. The van der Waals surface area contributed by atoms with Crippen molar-refractivity contribution in [2.75, 3.05) is 27.1 Å². The number of carbonyl (C=O) groups excluding carboxylic acids is 2. The number of nitrogens with one attached hydrogen (secondary N) is 1. The molecule has 1 amide bonds. The molecule has 130 heavy (non-hydrogen) atoms. The molecule has 0 fully saturated rings. The van der Waals surface area contributed by atoms with Gasteiger partial charge in [-0.2, -0.15) is 10.5 Å². The van der Waals surface area contributed by atoms with E-state index in [0.717, 1.165) is 238 Å². The van der Waals surface area contributed by atoms with Gasteiger partial charge < -0.3 is 97.6 Å². The second kappa shape index (κ2) is 53.9. The molecule has 0 atom stereocenters. The molecule has 14 aromatic rings. The number of aromatic nitrogens is 6. The summed E-state index contributed by atoms with van der Waals surface area (Å²) < 4.78 is 55.9. The number of nitrogen functional groups attached to an aromatic ring is 1. The number of benzene rings is 8. The molecular weight excluding hydrogens is 1650 g/mol. The largest absolute Gasteiger partial charge is 0.497 e. The Bertz CT molecular complexity index is 5830. The number of ether oxygens (including phenoxy) is 3. The number of hydroxylamine groups is 1. The highest BCUT2D eigenvalue weighted by Crippen LogP contribution is 2.37. The minimum absolute atomic E-state index is 0.00370. The number of hydrogen-bond acceptors (Lipinski definition) is 19. The fourth-order valence-electron chi connectivity index (χ4n) is 15.7. The molecule has 0 bridgehead atoms. The van der Waals surface area contributed by atoms with Crippen LogP contribution in [0, 0.1) is 34.3 Å². The number of carbonyl (C=O) groups is 2. The van der Waals surface area contributed by atoms with Crippen LogP contribution in [0.3, 0.4) is 0 Å². The zero-order valence-corrected chi connectivity index (χ0v) is 74.3. The lowest BCUT2D eigenvalue weighted by Crippen LogP contribution is -2.17. The quantitative estimate of drug-likeness (QED) is 0.00422. The van der Waals surface area contributed by atoms with Crippen molar-refractivity contribution in [1.29, 1.82) is 10.5 Å². The maximum Gasteiger partial charge on any atom is 0.451 e. The third-order valence-corrected chi connectivity index (χ3v) is 22.6. The molecule has 0 unspecified atom stereocenters. The molecule has 33 heteroatoms. The van der Waals surface area contributed by atoms with Gasteiger partial charge in [0.2, 0.25) is 5.91 Å². The number of rotatable bonds is 42. The molecule has 0 aliphatic heterocycles. The first-order valence-corrected chi connectivity index (χ1v) is 44.5. The van der Waals surface area contributed by atoms with Crippen LogP contribution in [0.2, 0.25) is 31.6 Å². The van der Waals surface area contributed by atoms with Crippen molar-refractivity contribution in [3.05, 3.63) is 253 Å². The Morgan fingerprint density at radius 3 is 1.43 bits per heavy atom. The molecular formula is C97H119B5F2N10O16. The van der Waals surface area contributed by atoms with Crippen LogP contribution in [0.1, 0.15) is 149 Å². The van der Waals surface area contributed by atoms with E-state index in [-0.39, 0.29) is 23.3 Å². The number of nitrogens with two attached hydrogens (primary N) is 1. The molecule has 0 radical (unpaired) electrons. The molecule has 0 spiro atoms. The van der Waals surface area contributed by atoms with Crippen LogP contribution in [0.25, 0.3) is 76.7 Å². The van der Waals surface area contributed by atoms with E-state index >= 15 is 0 Å². The summed E-state index contributed by atoms with van der Waals surface area (Å²) in [6.45, 7) is 5.08. The van der Waals surface area contributed by atoms with E-state index in [1.807, 2.05) is 151 Å². The topological polar surface area (TPSA) is 400 Å². The van der Waals surface area contributed by atoms with Gasteiger partial charge in [0.05, 0.1) is 55.6 Å². The third-order valence-electron chi connectivity index (χ3n) is 22.6. The summed E-state index contributed by atoms with van der Waals surface area (Å²) in [5, 5.41) is 120. The maximum absolute atomic E-state index is 13.7. The summed E-state index contributed by atoms with van der Waals surface area (Å²) >= 11 is 0. The van der Waals surface area contributed by atoms with Crippen molar-refractivity contribution in [2.24, 2.45) is 0 Å². The highest BCUT2D eigenvalue weighted by molar-refractivity contribution is 6.42. The molecule has 0 aliphatic rings. The van der Waals surface area contributed by atoms with E-state index in [2.05, 4.69) is 47.2 Å². The Labute approximate surface area is 759 Å². The van der Waals surface area contributed by atoms with Gasteiger partial charge in [-0.1, -0.05) is 107 Å². The monoisotopic (exact) mass is 1770 g/mol. The number of fused-ring (bicyclic) bond motifs is 6. The number of anilines is 1. The molecule has 14 rings (SSSR count). The van der Waals surface area contributed by atoms with Gasteiger partial charge in [0, 0.05) is 159 Å². The van der Waals surface area contributed by atoms with Gasteiger partial charge in [0.25, 0.3) is 0 Å². The zero-order chi connectivity index (χ0) is 93.3. The number of amides is 1. The predicted octanol–water partition coefficient (Wildman–Crippen LogP) is 16.7. The lowest BCUT2D eigenvalue weighted by atomic mass is 9.83. The third kappa shape index (κ3) is 31.2. The molecule has 682 valence electrons. The van der Waals surface area contributed by atoms with Crippen LogP contribution < -0.4 is 25.4 Å². The van der Waals surface area contributed by atoms with E-state index in [1.54, 1.807) is 69.3 Å². The number of nitrogens with zero attached hydrogens (tertiary/aromatic N) is 8. The number of unbranched alkanes of at least 4 members (excludes halogenated alkanes) is 12. The maximum atomic E-state index is 13.7. The van der Waals surface area contributed by atoms with Crippen molar-refractivity contribution in [2.45, 2.75) is 193 Å². The van der Waals surface area contributed by atoms with Crippen LogP contribution in [0.4, 0.5) is 14.5 Å². The van der Waals surface area contributed by atoms with E-state index < -0.39 is 35.6 Å². The van der Waals surface area contributed by atoms with E-state index in [4.69, 9.17) is 85.9 Å². The summed E-state index contributed by atoms with van der Waals surface area (Å²) in [4.78, 5) is 23.9. The minimum Gasteiger partial charge on any atom is -0.497 e. The van der Waals surface area contributed by atoms with Gasteiger partial charge >= 0.3 is 35.6 Å². The molecule has 26 nitrogen and oxygen atoms in total. The first-order chi connectivity index (χ1) is 62.9. The number of aryl methyl sites for hydroxylation is 6. The van der Waals surface area contributed by atoms with E-state index in [0.29, 0.717) is 77.2 Å². The van der Waals surface area contributed by atoms with Crippen molar-refractivity contribution in [3.8, 4) is 40.6 Å². The normalized spacial score (nSPS) is 10.8. The van der Waals surface area contributed by atoms with Crippen molar-refractivity contribution in [3.63, 3.8) is 0 Å². The SMILES string of the molecule is COc1ccc(-c2cc3cc(F)ccc3n2CCCCCB(O)O)cc1OC.COc1ccc(C(=O)c2cn(CCCCCB(O)O)c3ccccc23)cc1.N#Cc1ccc2c(ccn2CCCCCC(=O)NO)c1.N#Cc1cccc2c1ccn2CCCCCB(O)O.Nc1cccc2c1ccn2CCCCCB(O)O.OB(O)CCCCCn1ccc2c(F)cccc21. The van der Waals surface area contributed by atoms with Gasteiger partial charge in [0.15, 0.2) is 17.3 Å². The molecule has 6 heterocycles. The second-order valence-corrected chi connectivity index (χ2v) is 32.0. The lowest BCUT2D eigenvalue weighted by Gasteiger charge is -2.13. The smallest absolute Gasteiger partial charge is 0.451 e. The highest BCUT2D eigenvalue weighted by atomic mass is 19.1. The fraction of sp³-hybridized carbons (Fsp3) is 0.340. The van der Waals surface area contributed by atoms with E-state index in [1.165, 1.54) is 18.2 Å². The number of para-hydroxylation sites is 1. The van der Waals surface area contributed by atoms with Gasteiger partial charge in [-0.05, 0) is 228 Å². The average molecular weight is 1770 g/mol. The van der Waals surface area contributed by atoms with Gasteiger partial charge in [-0.3, -0.25) is 14.8 Å². The summed E-state index contributed by atoms with van der Waals surface area (Å²) in [7, 11) is -1.24. The number of halogens is 2. The number of nitriles is 2. The van der Waals surface area contributed by atoms with Crippen LogP contribution in [-0.4, -0.2) is 151 Å². The molecule has 14 N–H and O–H groups in total. The summed E-state index contributed by atoms with van der Waals surface area (Å²) in [6, 6.07) is 62.3. The Morgan fingerprint density at radius 1 is 0.408 bits per heavy atom. The Balaban J connectivity index is 0.000000177. The molecule has 0 saturated heterocycles. The number of methoxy groups -OCH3 is 3. The molecule has 6 aromatic heterocycles. The molecule has 8 aromatic carbocycles. The summed E-state index contributed by atoms with van der Waals surface area (Å²) in [6.07, 6.45) is 28.5. The van der Waals surface area contributed by atoms with Crippen molar-refractivity contribution in [1.82, 2.24) is 32.9 Å². The average Bonchev–Trinajstić information content (AvgIpc) is 1.64. The summed E-state index contributed by atoms with van der Waals surface area (Å²) in [5.41, 5.74) is 19.3. The Hall–Kier alpha value is -11.9. The Morgan fingerprint density at radius 2 is 0.885 bits per heavy atom. The highest BCUT2D eigenvalue weighted by Gasteiger charge is 2.20. The van der Waals surface area contributed by atoms with Crippen LogP contribution >= 0.6 is 0 Å². The number of ketones is 1. The van der Waals surface area contributed by atoms with Gasteiger partial charge in [-0.25, -0.2) is 14.3 Å². The standard InChI is InChI=1S/C21H25BFNO4.C21H24BNO4.C15H17N3O2.C14H17BN2O2.C13H17BFNO2.C13H19BN2O2/c1-27-20-9-6-15(14-21(20)28-2)19-13-16-12-17(23)7-8-18(16)24(19)11-5-3-4-10-22(25)26;1-27-17-11-9-16(10-12-17)21(24)19-15-23(14-6-2-5-13-22(25)26)20-8-4-3-7-18(19)20;16-11-12-5-6-14-13(10-12)7-9-18(14)8-3-1-2-4-15(19)17-20;16-11-12-5-4-6-14-13(12)7-10-17(14)9-3-1-2-8-15(18)19;2*15-12-5-4-6-13-11(12)7-10-16(13)9-3-1-2-8-14(17)18/h6-9,12-14,25-26H,3-5,10-11H2,1-2H3;3-4,7-12,15,25-26H,2,5-6,13-14H2,1H3;5-7,9-10,20H,1-4,8H2,(H,17,19);4-7,10,18-19H,1-3,8-9H2;4-7,10,17-18H,1-3,8-9H2;4-7,10,17-18H,1-3,8-9,15H2. The van der Waals surface area contributed by atoms with Gasteiger partial charge in [0.1, 0.15) is 17.4 Å². The molecule has 0 aliphatic carbocycles. The predicted molar refractivity (Wildman–Crippen MR) is 513 cm³/mol. The number of hydrogen-bond donors (Lipinski definition) is 13. The minimum atomic E-state index is -1.25. The van der Waals surface area contributed by atoms with Crippen LogP contribution in [0.5, 0.6) is 17.2 Å². The first-order valence-electron chi connectivity index (χ1n) is 44.5. The van der Waals surface area contributed by atoms with Crippen molar-refractivity contribution >= 4 is 118 Å². The van der Waals surface area contributed by atoms with Gasteiger partial charge in [-0.15, -0.1) is 0 Å². The fourth-order valence-corrected chi connectivity index (χ4v) is 15.7. The second-order valence-electron chi connectivity index (χ2n) is 32.0. The van der Waals surface area contributed by atoms with Crippen LogP contribution in [-0.2, 0) is 44.1 Å². The first kappa shape index (κ1) is 102. The van der Waals surface area contributed by atoms with Crippen molar-refractivity contribution < 1.29 is 88.0 Å². The van der Waals surface area contributed by atoms with E-state index in [9.17, 15) is 18.4 Å². The Kier molecular flexibility index (Phi) is 42.2. The summed E-state index contributed by atoms with van der Waals surface area (Å²) in [5.74, 6) is 1.23. The van der Waals surface area contributed by atoms with Crippen LogP contribution in [0.15, 0.2) is 219 Å². The zero-order valence-electron chi connectivity index (χ0n) is 74.3. The lowest BCUT2D eigenvalue weighted by molar-refractivity contribution is -0.129.